The lowest BCUT2D eigenvalue weighted by Gasteiger charge is -2.26. The predicted octanol–water partition coefficient (Wildman–Crippen LogP) is 13.5. The molecular weight excluding hydrogens is 791 g/mol. The molecule has 0 saturated carbocycles. The van der Waals surface area contributed by atoms with Gasteiger partial charge in [-0.05, 0) is 57.8 Å². The van der Waals surface area contributed by atoms with Crippen molar-refractivity contribution in [1.82, 2.24) is 0 Å². The van der Waals surface area contributed by atoms with Gasteiger partial charge in [0.15, 0.2) is 12.4 Å². The van der Waals surface area contributed by atoms with Gasteiger partial charge >= 0.3 is 11.9 Å². The third kappa shape index (κ3) is 47.5. The SMILES string of the molecule is CCCC/C=C\CCCCCCCC(=O)OCC(COC(OCC[N+](C)(C)C)C(=O)[O-])OC(=O)CCCCCCCCCCCCCCCCC/C=C\CCCCCCCCCC. The van der Waals surface area contributed by atoms with Gasteiger partial charge in [0.25, 0.3) is 0 Å². The molecule has 0 fully saturated rings. The molecule has 0 amide bonds. The van der Waals surface area contributed by atoms with Crippen molar-refractivity contribution >= 4 is 17.9 Å². The van der Waals surface area contributed by atoms with Crippen molar-refractivity contribution in [2.24, 2.45) is 0 Å². The van der Waals surface area contributed by atoms with Gasteiger partial charge in [0.05, 0.1) is 40.3 Å². The fourth-order valence-corrected chi connectivity index (χ4v) is 7.51. The first kappa shape index (κ1) is 60.8. The maximum atomic E-state index is 12.8. The molecule has 9 nitrogen and oxygen atoms in total. The molecule has 9 heteroatoms. The van der Waals surface area contributed by atoms with E-state index in [-0.39, 0.29) is 38.6 Å². The summed E-state index contributed by atoms with van der Waals surface area (Å²) in [7, 11) is 5.91. The van der Waals surface area contributed by atoms with Crippen LogP contribution in [0.1, 0.15) is 245 Å². The topological polar surface area (TPSA) is 111 Å². The highest BCUT2D eigenvalue weighted by molar-refractivity contribution is 5.70. The van der Waals surface area contributed by atoms with Crippen LogP contribution in [-0.2, 0) is 33.3 Å². The van der Waals surface area contributed by atoms with Gasteiger partial charge in [-0.2, -0.15) is 0 Å². The van der Waals surface area contributed by atoms with Crippen LogP contribution >= 0.6 is 0 Å². The molecule has 0 aromatic carbocycles. The minimum Gasteiger partial charge on any atom is -0.545 e. The number of aliphatic carboxylic acids is 1. The number of carboxylic acids is 1. The molecule has 63 heavy (non-hydrogen) atoms. The molecule has 0 aliphatic heterocycles. The fourth-order valence-electron chi connectivity index (χ4n) is 7.51. The number of esters is 2. The molecule has 0 N–H and O–H groups in total. The zero-order chi connectivity index (χ0) is 46.3. The van der Waals surface area contributed by atoms with Crippen LogP contribution in [0.15, 0.2) is 24.3 Å². The van der Waals surface area contributed by atoms with E-state index >= 15 is 0 Å². The monoisotopic (exact) mass is 892 g/mol. The van der Waals surface area contributed by atoms with E-state index in [0.29, 0.717) is 17.4 Å². The summed E-state index contributed by atoms with van der Waals surface area (Å²) in [6.45, 7) is 4.72. The van der Waals surface area contributed by atoms with Gasteiger partial charge in [0.1, 0.15) is 13.2 Å². The first-order chi connectivity index (χ1) is 30.6. The van der Waals surface area contributed by atoms with Crippen molar-refractivity contribution in [2.75, 3.05) is 47.5 Å². The van der Waals surface area contributed by atoms with Crippen LogP contribution in [0.4, 0.5) is 0 Å². The van der Waals surface area contributed by atoms with E-state index in [9.17, 15) is 19.5 Å². The minimum atomic E-state index is -1.62. The van der Waals surface area contributed by atoms with E-state index in [0.717, 1.165) is 57.8 Å². The number of quaternary nitrogens is 1. The Morgan fingerprint density at radius 3 is 1.22 bits per heavy atom. The second kappa shape index (κ2) is 46.3. The summed E-state index contributed by atoms with van der Waals surface area (Å²) in [5, 5.41) is 11.7. The summed E-state index contributed by atoms with van der Waals surface area (Å²) in [6, 6.07) is 0. The van der Waals surface area contributed by atoms with E-state index in [4.69, 9.17) is 18.9 Å². The number of carbonyl (C=O) groups is 3. The largest absolute Gasteiger partial charge is 0.545 e. The molecule has 0 rings (SSSR count). The first-order valence-electron chi connectivity index (χ1n) is 26.5. The van der Waals surface area contributed by atoms with Gasteiger partial charge in [-0.3, -0.25) is 9.59 Å². The van der Waals surface area contributed by atoms with Crippen molar-refractivity contribution in [1.29, 1.82) is 0 Å². The maximum Gasteiger partial charge on any atom is 0.306 e. The van der Waals surface area contributed by atoms with Gasteiger partial charge in [-0.25, -0.2) is 0 Å². The Bertz CT molecular complexity index is 1090. The molecular formula is C54H101NO8. The third-order valence-corrected chi connectivity index (χ3v) is 11.7. The number of unbranched alkanes of at least 4 members (excludes halogenated alkanes) is 30. The summed E-state index contributed by atoms with van der Waals surface area (Å²) < 4.78 is 22.6. The van der Waals surface area contributed by atoms with Gasteiger partial charge in [0.2, 0.25) is 0 Å². The zero-order valence-corrected chi connectivity index (χ0v) is 42.0. The molecule has 2 unspecified atom stereocenters. The summed E-state index contributed by atoms with van der Waals surface area (Å²) in [6.07, 6.45) is 49.5. The number of rotatable bonds is 49. The molecule has 0 bridgehead atoms. The average Bonchev–Trinajstić information content (AvgIpc) is 3.24. The molecule has 0 heterocycles. The molecule has 370 valence electrons. The van der Waals surface area contributed by atoms with Crippen LogP contribution in [-0.4, -0.2) is 82.3 Å². The Balaban J connectivity index is 4.15. The standard InChI is InChI=1S/C54H101NO8/c1-6-8-10-12-14-16-18-19-20-21-22-23-24-25-26-27-28-29-30-31-32-33-35-37-39-41-43-45-52(57)63-50(49-62-54(53(58)59)60-47-46-55(3,4)5)48-61-51(56)44-42-40-38-36-34-17-15-13-11-9-7-2/h13,15,21-22,50,54H,6-12,14,16-20,23-49H2,1-5H3/b15-13-,22-21-. The van der Waals surface area contributed by atoms with Gasteiger partial charge in [0, 0.05) is 12.8 Å². The van der Waals surface area contributed by atoms with E-state index in [1.54, 1.807) is 0 Å². The number of nitrogens with zero attached hydrogens (tertiary/aromatic N) is 1. The van der Waals surface area contributed by atoms with Crippen LogP contribution in [0, 0.1) is 0 Å². The van der Waals surface area contributed by atoms with Crippen molar-refractivity contribution in [3.05, 3.63) is 24.3 Å². The highest BCUT2D eigenvalue weighted by Crippen LogP contribution is 2.16. The number of ether oxygens (including phenoxy) is 4. The van der Waals surface area contributed by atoms with Crippen molar-refractivity contribution in [2.45, 2.75) is 257 Å². The third-order valence-electron chi connectivity index (χ3n) is 11.7. The number of hydrogen-bond donors (Lipinski definition) is 0. The van der Waals surface area contributed by atoms with Crippen molar-refractivity contribution in [3.63, 3.8) is 0 Å². The quantitative estimate of drug-likeness (QED) is 0.0195. The smallest absolute Gasteiger partial charge is 0.306 e. The average molecular weight is 892 g/mol. The van der Waals surface area contributed by atoms with Crippen molar-refractivity contribution < 1.29 is 42.9 Å². The molecule has 0 spiro atoms. The second-order valence-corrected chi connectivity index (χ2v) is 19.2. The number of hydrogen-bond acceptors (Lipinski definition) is 8. The van der Waals surface area contributed by atoms with Gasteiger partial charge in [-0.15, -0.1) is 0 Å². The predicted molar refractivity (Wildman–Crippen MR) is 260 cm³/mol. The van der Waals surface area contributed by atoms with E-state index < -0.39 is 24.3 Å². The lowest BCUT2D eigenvalue weighted by atomic mass is 10.0. The van der Waals surface area contributed by atoms with Crippen LogP contribution in [0.3, 0.4) is 0 Å². The van der Waals surface area contributed by atoms with Crippen LogP contribution in [0.2, 0.25) is 0 Å². The molecule has 0 aromatic heterocycles. The highest BCUT2D eigenvalue weighted by atomic mass is 16.7. The van der Waals surface area contributed by atoms with Gasteiger partial charge in [-0.1, -0.05) is 199 Å². The van der Waals surface area contributed by atoms with E-state index in [1.165, 1.54) is 154 Å². The molecule has 2 atom stereocenters. The molecule has 0 saturated heterocycles. The normalized spacial score (nSPS) is 13.0. The minimum absolute atomic E-state index is 0.148. The lowest BCUT2D eigenvalue weighted by molar-refractivity contribution is -0.870. The highest BCUT2D eigenvalue weighted by Gasteiger charge is 2.22. The van der Waals surface area contributed by atoms with Crippen molar-refractivity contribution in [3.8, 4) is 0 Å². The Labute approximate surface area is 388 Å². The van der Waals surface area contributed by atoms with Crippen LogP contribution in [0.25, 0.3) is 0 Å². The summed E-state index contributed by atoms with van der Waals surface area (Å²) in [5.41, 5.74) is 0. The molecule has 0 aliphatic carbocycles. The molecule has 0 aromatic rings. The van der Waals surface area contributed by atoms with E-state index in [2.05, 4.69) is 38.2 Å². The first-order valence-corrected chi connectivity index (χ1v) is 26.5. The summed E-state index contributed by atoms with van der Waals surface area (Å²) >= 11 is 0. The fraction of sp³-hybridized carbons (Fsp3) is 0.870. The number of likely N-dealkylation sites (N-methyl/N-ethyl adjacent to an activating group) is 1. The summed E-state index contributed by atoms with van der Waals surface area (Å²) in [4.78, 5) is 37.0. The Morgan fingerprint density at radius 1 is 0.460 bits per heavy atom. The van der Waals surface area contributed by atoms with Gasteiger partial charge < -0.3 is 33.3 Å². The Morgan fingerprint density at radius 2 is 0.825 bits per heavy atom. The Hall–Kier alpha value is -2.23. The maximum absolute atomic E-state index is 12.8. The van der Waals surface area contributed by atoms with Crippen LogP contribution in [0.5, 0.6) is 0 Å². The second-order valence-electron chi connectivity index (χ2n) is 19.2. The molecule has 0 radical (unpaired) electrons. The summed E-state index contributed by atoms with van der Waals surface area (Å²) in [5.74, 6) is -2.29. The van der Waals surface area contributed by atoms with E-state index in [1.807, 2.05) is 21.1 Å². The lowest BCUT2D eigenvalue weighted by Crippen LogP contribution is -2.44. The Kier molecular flexibility index (Phi) is 44.7. The van der Waals surface area contributed by atoms with Crippen LogP contribution < -0.4 is 5.11 Å². The number of carboxylic acid groups (broad SMARTS) is 1. The molecule has 0 aliphatic rings. The number of allylic oxidation sites excluding steroid dienone is 4. The zero-order valence-electron chi connectivity index (χ0n) is 42.0. The number of carbonyl (C=O) groups excluding carboxylic acids is 3.